The average molecular weight is 377 g/mol. The molecule has 3 aromatic heterocycles. The monoisotopic (exact) mass is 377 g/mol. The van der Waals surface area contributed by atoms with E-state index >= 15 is 0 Å². The summed E-state index contributed by atoms with van der Waals surface area (Å²) < 4.78 is 7.38. The molecule has 1 aromatic carbocycles. The van der Waals surface area contributed by atoms with Gasteiger partial charge < -0.3 is 9.73 Å². The summed E-state index contributed by atoms with van der Waals surface area (Å²) in [6, 6.07) is 7.61. The van der Waals surface area contributed by atoms with E-state index in [0.29, 0.717) is 22.5 Å². The number of rotatable bonds is 6. The number of anilines is 1. The van der Waals surface area contributed by atoms with Crippen molar-refractivity contribution in [3.05, 3.63) is 59.7 Å². The summed E-state index contributed by atoms with van der Waals surface area (Å²) in [5.74, 6) is 0.538. The molecule has 0 spiro atoms. The standard InChI is InChI=1S/C21H23N5O2/c1-4-25(5-2)12-15-10-22-20-17(11-23-26(20)13-15)21(27)24-18-8-6-7-16-9-14(3)28-19(16)18/h6-11,13H,4-5,12H2,1-3H3,(H,24,27). The van der Waals surface area contributed by atoms with E-state index in [0.717, 1.165) is 36.3 Å². The molecule has 0 saturated heterocycles. The summed E-state index contributed by atoms with van der Waals surface area (Å²) in [5, 5.41) is 8.20. The predicted molar refractivity (Wildman–Crippen MR) is 109 cm³/mol. The van der Waals surface area contributed by atoms with Gasteiger partial charge in [-0.25, -0.2) is 9.50 Å². The zero-order valence-electron chi connectivity index (χ0n) is 16.3. The van der Waals surface area contributed by atoms with Crippen molar-refractivity contribution < 1.29 is 9.21 Å². The number of fused-ring (bicyclic) bond motifs is 2. The van der Waals surface area contributed by atoms with Gasteiger partial charge in [0.15, 0.2) is 11.2 Å². The molecule has 3 heterocycles. The Morgan fingerprint density at radius 1 is 1.25 bits per heavy atom. The van der Waals surface area contributed by atoms with Crippen molar-refractivity contribution in [2.75, 3.05) is 18.4 Å². The second-order valence-corrected chi connectivity index (χ2v) is 6.79. The van der Waals surface area contributed by atoms with E-state index < -0.39 is 0 Å². The van der Waals surface area contributed by atoms with E-state index in [9.17, 15) is 4.79 Å². The Labute approximate surface area is 163 Å². The second-order valence-electron chi connectivity index (χ2n) is 6.79. The quantitative estimate of drug-likeness (QED) is 0.552. The summed E-state index contributed by atoms with van der Waals surface area (Å²) in [5.41, 5.74) is 3.31. The fourth-order valence-corrected chi connectivity index (χ4v) is 3.34. The van der Waals surface area contributed by atoms with Gasteiger partial charge in [-0.05, 0) is 32.1 Å². The van der Waals surface area contributed by atoms with Crippen molar-refractivity contribution in [3.63, 3.8) is 0 Å². The van der Waals surface area contributed by atoms with Crippen LogP contribution in [0.1, 0.15) is 35.5 Å². The molecule has 4 rings (SSSR count). The molecule has 28 heavy (non-hydrogen) atoms. The lowest BCUT2D eigenvalue weighted by atomic mass is 10.2. The maximum Gasteiger partial charge on any atom is 0.261 e. The molecule has 0 unspecified atom stereocenters. The summed E-state index contributed by atoms with van der Waals surface area (Å²) in [6.07, 6.45) is 5.28. The van der Waals surface area contributed by atoms with E-state index in [1.54, 1.807) is 10.7 Å². The van der Waals surface area contributed by atoms with E-state index in [-0.39, 0.29) is 5.91 Å². The van der Waals surface area contributed by atoms with Crippen LogP contribution in [0.5, 0.6) is 0 Å². The minimum atomic E-state index is -0.263. The molecule has 0 atom stereocenters. The number of carbonyl (C=O) groups excluding carboxylic acids is 1. The van der Waals surface area contributed by atoms with E-state index in [1.807, 2.05) is 43.6 Å². The minimum Gasteiger partial charge on any atom is -0.459 e. The average Bonchev–Trinajstić information content (AvgIpc) is 3.29. The molecule has 0 aliphatic heterocycles. The van der Waals surface area contributed by atoms with Crippen molar-refractivity contribution in [3.8, 4) is 0 Å². The van der Waals surface area contributed by atoms with Gasteiger partial charge in [0, 0.05) is 29.9 Å². The zero-order valence-corrected chi connectivity index (χ0v) is 16.3. The number of benzene rings is 1. The lowest BCUT2D eigenvalue weighted by Gasteiger charge is -2.17. The lowest BCUT2D eigenvalue weighted by molar-refractivity contribution is 0.102. The molecule has 0 fully saturated rings. The molecule has 0 aliphatic carbocycles. The third kappa shape index (κ3) is 3.36. The van der Waals surface area contributed by atoms with Crippen molar-refractivity contribution in [1.29, 1.82) is 0 Å². The first-order valence-electron chi connectivity index (χ1n) is 9.44. The minimum absolute atomic E-state index is 0.263. The first-order valence-corrected chi connectivity index (χ1v) is 9.44. The van der Waals surface area contributed by atoms with Crippen LogP contribution in [-0.2, 0) is 6.54 Å². The van der Waals surface area contributed by atoms with Crippen molar-refractivity contribution in [2.24, 2.45) is 0 Å². The van der Waals surface area contributed by atoms with Gasteiger partial charge in [-0.1, -0.05) is 26.0 Å². The van der Waals surface area contributed by atoms with Crippen LogP contribution in [0.2, 0.25) is 0 Å². The Kier molecular flexibility index (Phi) is 4.83. The number of carbonyl (C=O) groups is 1. The number of nitrogens with one attached hydrogen (secondary N) is 1. The first kappa shape index (κ1) is 18.2. The highest BCUT2D eigenvalue weighted by molar-refractivity contribution is 6.10. The normalized spacial score (nSPS) is 11.6. The predicted octanol–water partition coefficient (Wildman–Crippen LogP) is 3.88. The number of hydrogen-bond donors (Lipinski definition) is 1. The van der Waals surface area contributed by atoms with Crippen LogP contribution in [0, 0.1) is 6.92 Å². The molecular formula is C21H23N5O2. The largest absolute Gasteiger partial charge is 0.459 e. The summed E-state index contributed by atoms with van der Waals surface area (Å²) in [7, 11) is 0. The molecule has 7 nitrogen and oxygen atoms in total. The molecule has 0 aliphatic rings. The Morgan fingerprint density at radius 2 is 2.07 bits per heavy atom. The van der Waals surface area contributed by atoms with Gasteiger partial charge >= 0.3 is 0 Å². The third-order valence-electron chi connectivity index (χ3n) is 4.87. The Morgan fingerprint density at radius 3 is 2.86 bits per heavy atom. The number of aromatic nitrogens is 3. The number of nitrogens with zero attached hydrogens (tertiary/aromatic N) is 4. The molecule has 1 amide bonds. The molecule has 4 aromatic rings. The number of hydrogen-bond acceptors (Lipinski definition) is 5. The van der Waals surface area contributed by atoms with Gasteiger partial charge in [-0.3, -0.25) is 9.69 Å². The van der Waals surface area contributed by atoms with Crippen LogP contribution in [0.25, 0.3) is 16.6 Å². The summed E-state index contributed by atoms with van der Waals surface area (Å²) >= 11 is 0. The highest BCUT2D eigenvalue weighted by Gasteiger charge is 2.17. The Hall–Kier alpha value is -3.19. The SMILES string of the molecule is CCN(CC)Cc1cnc2c(C(=O)Nc3cccc4cc(C)oc34)cnn2c1. The molecule has 0 saturated carbocycles. The summed E-state index contributed by atoms with van der Waals surface area (Å²) in [6.45, 7) is 8.89. The maximum absolute atomic E-state index is 12.8. The zero-order chi connectivity index (χ0) is 19.7. The molecule has 0 radical (unpaired) electrons. The highest BCUT2D eigenvalue weighted by atomic mass is 16.3. The number of furan rings is 1. The molecular weight excluding hydrogens is 354 g/mol. The van der Waals surface area contributed by atoms with Crippen LogP contribution in [0.4, 0.5) is 5.69 Å². The van der Waals surface area contributed by atoms with E-state index in [4.69, 9.17) is 4.42 Å². The van der Waals surface area contributed by atoms with Gasteiger partial charge in [0.2, 0.25) is 0 Å². The van der Waals surface area contributed by atoms with Gasteiger partial charge in [-0.2, -0.15) is 5.10 Å². The van der Waals surface area contributed by atoms with Gasteiger partial charge in [0.1, 0.15) is 11.3 Å². The van der Waals surface area contributed by atoms with Crippen molar-refractivity contribution in [2.45, 2.75) is 27.3 Å². The first-order chi connectivity index (χ1) is 13.6. The van der Waals surface area contributed by atoms with Crippen molar-refractivity contribution >= 4 is 28.2 Å². The third-order valence-corrected chi connectivity index (χ3v) is 4.87. The molecule has 1 N–H and O–H groups in total. The van der Waals surface area contributed by atoms with E-state index in [2.05, 4.69) is 34.1 Å². The lowest BCUT2D eigenvalue weighted by Crippen LogP contribution is -2.22. The fourth-order valence-electron chi connectivity index (χ4n) is 3.34. The van der Waals surface area contributed by atoms with Crippen LogP contribution >= 0.6 is 0 Å². The molecule has 144 valence electrons. The van der Waals surface area contributed by atoms with Gasteiger partial charge in [0.25, 0.3) is 5.91 Å². The Bertz CT molecular complexity index is 1140. The number of aryl methyl sites for hydroxylation is 1. The van der Waals surface area contributed by atoms with Crippen LogP contribution in [0.15, 0.2) is 47.3 Å². The highest BCUT2D eigenvalue weighted by Crippen LogP contribution is 2.27. The van der Waals surface area contributed by atoms with E-state index in [1.165, 1.54) is 0 Å². The fraction of sp³-hybridized carbons (Fsp3) is 0.286. The topological polar surface area (TPSA) is 75.7 Å². The van der Waals surface area contributed by atoms with Gasteiger partial charge in [-0.15, -0.1) is 0 Å². The van der Waals surface area contributed by atoms with Crippen LogP contribution in [0.3, 0.4) is 0 Å². The van der Waals surface area contributed by atoms with Crippen LogP contribution in [-0.4, -0.2) is 38.5 Å². The summed E-state index contributed by atoms with van der Waals surface area (Å²) in [4.78, 5) is 19.6. The number of amides is 1. The molecule has 0 bridgehead atoms. The number of para-hydroxylation sites is 1. The molecule has 7 heteroatoms. The smallest absolute Gasteiger partial charge is 0.261 e. The van der Waals surface area contributed by atoms with Crippen LogP contribution < -0.4 is 5.32 Å². The van der Waals surface area contributed by atoms with Crippen molar-refractivity contribution in [1.82, 2.24) is 19.5 Å². The Balaban J connectivity index is 1.60. The maximum atomic E-state index is 12.8. The second kappa shape index (κ2) is 7.44. The van der Waals surface area contributed by atoms with Gasteiger partial charge in [0.05, 0.1) is 11.9 Å².